The lowest BCUT2D eigenvalue weighted by Gasteiger charge is -2.09. The molecule has 15 heavy (non-hydrogen) atoms. The quantitative estimate of drug-likeness (QED) is 0.845. The molecule has 1 aromatic carbocycles. The minimum atomic E-state index is -0.626. The van der Waals surface area contributed by atoms with Gasteiger partial charge >= 0.3 is 0 Å². The van der Waals surface area contributed by atoms with Crippen LogP contribution in [0.3, 0.4) is 0 Å². The second-order valence-corrected chi connectivity index (χ2v) is 4.39. The lowest BCUT2D eigenvalue weighted by molar-refractivity contribution is 0.179. The molecule has 1 aromatic heterocycles. The van der Waals surface area contributed by atoms with Gasteiger partial charge in [0.15, 0.2) is 0 Å². The molecular formula is C12H11FOS. The maximum atomic E-state index is 12.9. The fourth-order valence-electron chi connectivity index (χ4n) is 1.45. The van der Waals surface area contributed by atoms with Crippen LogP contribution in [-0.4, -0.2) is 5.11 Å². The standard InChI is InChI=1S/C12H11FOS/c13-10-4-1-3-9(7-10)12(14)8-11-5-2-6-15-11/h1-7,12,14H,8H2. The summed E-state index contributed by atoms with van der Waals surface area (Å²) >= 11 is 1.60. The van der Waals surface area contributed by atoms with Crippen molar-refractivity contribution in [3.8, 4) is 0 Å². The van der Waals surface area contributed by atoms with Crippen LogP contribution in [0.1, 0.15) is 16.5 Å². The summed E-state index contributed by atoms with van der Waals surface area (Å²) in [6.07, 6.45) is -0.0828. The Kier molecular flexibility index (Phi) is 3.14. The largest absolute Gasteiger partial charge is 0.388 e. The molecule has 78 valence electrons. The van der Waals surface area contributed by atoms with Crippen molar-refractivity contribution >= 4 is 11.3 Å². The zero-order valence-electron chi connectivity index (χ0n) is 8.06. The second kappa shape index (κ2) is 4.55. The first-order valence-corrected chi connectivity index (χ1v) is 5.59. The van der Waals surface area contributed by atoms with E-state index in [1.54, 1.807) is 23.5 Å². The van der Waals surface area contributed by atoms with Gasteiger partial charge in [-0.05, 0) is 29.1 Å². The Morgan fingerprint density at radius 3 is 2.80 bits per heavy atom. The maximum absolute atomic E-state index is 12.9. The van der Waals surface area contributed by atoms with Crippen LogP contribution in [0.4, 0.5) is 4.39 Å². The minimum Gasteiger partial charge on any atom is -0.388 e. The van der Waals surface area contributed by atoms with Crippen molar-refractivity contribution in [2.75, 3.05) is 0 Å². The third-order valence-corrected chi connectivity index (χ3v) is 3.11. The van der Waals surface area contributed by atoms with E-state index in [1.165, 1.54) is 12.1 Å². The van der Waals surface area contributed by atoms with E-state index < -0.39 is 6.10 Å². The van der Waals surface area contributed by atoms with E-state index in [4.69, 9.17) is 0 Å². The number of aliphatic hydroxyl groups is 1. The molecule has 0 aliphatic heterocycles. The fourth-order valence-corrected chi connectivity index (χ4v) is 2.19. The number of benzene rings is 1. The summed E-state index contributed by atoms with van der Waals surface area (Å²) in [6.45, 7) is 0. The molecule has 0 aliphatic rings. The number of thiophene rings is 1. The van der Waals surface area contributed by atoms with Crippen LogP contribution in [-0.2, 0) is 6.42 Å². The van der Waals surface area contributed by atoms with Crippen LogP contribution >= 0.6 is 11.3 Å². The molecule has 1 N–H and O–H groups in total. The third kappa shape index (κ3) is 2.64. The Morgan fingerprint density at radius 2 is 2.13 bits per heavy atom. The maximum Gasteiger partial charge on any atom is 0.123 e. The normalized spacial score (nSPS) is 12.7. The summed E-state index contributed by atoms with van der Waals surface area (Å²) < 4.78 is 12.9. The molecule has 1 nitrogen and oxygen atoms in total. The van der Waals surface area contributed by atoms with Gasteiger partial charge in [-0.2, -0.15) is 0 Å². The number of aliphatic hydroxyl groups excluding tert-OH is 1. The van der Waals surface area contributed by atoms with Crippen LogP contribution in [0.5, 0.6) is 0 Å². The fraction of sp³-hybridized carbons (Fsp3) is 0.167. The molecule has 1 heterocycles. The van der Waals surface area contributed by atoms with Gasteiger partial charge < -0.3 is 5.11 Å². The van der Waals surface area contributed by atoms with Gasteiger partial charge in [0, 0.05) is 11.3 Å². The molecule has 2 aromatic rings. The predicted octanol–water partition coefficient (Wildman–Crippen LogP) is 3.16. The average molecular weight is 222 g/mol. The number of halogens is 1. The van der Waals surface area contributed by atoms with Gasteiger partial charge in [0.1, 0.15) is 5.82 Å². The summed E-state index contributed by atoms with van der Waals surface area (Å²) in [5.41, 5.74) is 0.628. The molecule has 0 fully saturated rings. The predicted molar refractivity (Wildman–Crippen MR) is 59.4 cm³/mol. The van der Waals surface area contributed by atoms with Gasteiger partial charge in [-0.1, -0.05) is 18.2 Å². The number of rotatable bonds is 3. The van der Waals surface area contributed by atoms with Gasteiger partial charge in [-0.3, -0.25) is 0 Å². The van der Waals surface area contributed by atoms with Crippen LogP contribution in [0, 0.1) is 5.82 Å². The van der Waals surface area contributed by atoms with E-state index in [9.17, 15) is 9.50 Å². The number of hydrogen-bond acceptors (Lipinski definition) is 2. The van der Waals surface area contributed by atoms with E-state index in [0.29, 0.717) is 12.0 Å². The Morgan fingerprint density at radius 1 is 1.27 bits per heavy atom. The zero-order valence-corrected chi connectivity index (χ0v) is 8.88. The average Bonchev–Trinajstić information content (AvgIpc) is 2.70. The van der Waals surface area contributed by atoms with E-state index >= 15 is 0 Å². The Balaban J connectivity index is 2.11. The molecule has 1 unspecified atom stereocenters. The van der Waals surface area contributed by atoms with Gasteiger partial charge in [0.2, 0.25) is 0 Å². The SMILES string of the molecule is OC(Cc1cccs1)c1cccc(F)c1. The molecule has 2 rings (SSSR count). The molecule has 3 heteroatoms. The van der Waals surface area contributed by atoms with Gasteiger partial charge in [0.05, 0.1) is 6.10 Å². The molecule has 0 spiro atoms. The van der Waals surface area contributed by atoms with E-state index in [1.807, 2.05) is 17.5 Å². The first-order chi connectivity index (χ1) is 7.25. The Labute approximate surface area is 91.8 Å². The van der Waals surface area contributed by atoms with Crippen LogP contribution in [0.2, 0.25) is 0 Å². The summed E-state index contributed by atoms with van der Waals surface area (Å²) in [7, 11) is 0. The van der Waals surface area contributed by atoms with Crippen molar-refractivity contribution in [2.45, 2.75) is 12.5 Å². The Bertz CT molecular complexity index is 425. The zero-order chi connectivity index (χ0) is 10.7. The summed E-state index contributed by atoms with van der Waals surface area (Å²) in [5.74, 6) is -0.308. The molecule has 1 atom stereocenters. The molecule has 0 amide bonds. The smallest absolute Gasteiger partial charge is 0.123 e. The lowest BCUT2D eigenvalue weighted by Crippen LogP contribution is -2.00. The van der Waals surface area contributed by atoms with E-state index in [0.717, 1.165) is 4.88 Å². The summed E-state index contributed by atoms with van der Waals surface area (Å²) in [4.78, 5) is 1.10. The van der Waals surface area contributed by atoms with Crippen molar-refractivity contribution in [2.24, 2.45) is 0 Å². The minimum absolute atomic E-state index is 0.308. The van der Waals surface area contributed by atoms with Crippen LogP contribution in [0.25, 0.3) is 0 Å². The van der Waals surface area contributed by atoms with E-state index in [2.05, 4.69) is 0 Å². The molecule has 0 saturated carbocycles. The number of hydrogen-bond donors (Lipinski definition) is 1. The monoisotopic (exact) mass is 222 g/mol. The van der Waals surface area contributed by atoms with Crippen molar-refractivity contribution in [3.63, 3.8) is 0 Å². The van der Waals surface area contributed by atoms with E-state index in [-0.39, 0.29) is 5.82 Å². The molecule has 0 radical (unpaired) electrons. The van der Waals surface area contributed by atoms with Gasteiger partial charge in [-0.15, -0.1) is 11.3 Å². The second-order valence-electron chi connectivity index (χ2n) is 3.35. The third-order valence-electron chi connectivity index (χ3n) is 2.21. The molecule has 0 bridgehead atoms. The topological polar surface area (TPSA) is 20.2 Å². The molecule has 0 saturated heterocycles. The highest BCUT2D eigenvalue weighted by Gasteiger charge is 2.09. The van der Waals surface area contributed by atoms with Crippen molar-refractivity contribution < 1.29 is 9.50 Å². The van der Waals surface area contributed by atoms with Crippen molar-refractivity contribution in [3.05, 3.63) is 58.0 Å². The highest BCUT2D eigenvalue weighted by molar-refractivity contribution is 7.09. The van der Waals surface area contributed by atoms with Crippen molar-refractivity contribution in [1.29, 1.82) is 0 Å². The summed E-state index contributed by atoms with van der Waals surface area (Å²) in [5, 5.41) is 11.8. The molecule has 0 aliphatic carbocycles. The van der Waals surface area contributed by atoms with Gasteiger partial charge in [0.25, 0.3) is 0 Å². The first kappa shape index (κ1) is 10.3. The van der Waals surface area contributed by atoms with Crippen LogP contribution < -0.4 is 0 Å². The Hall–Kier alpha value is -1.19. The summed E-state index contributed by atoms with van der Waals surface area (Å²) in [6, 6.07) is 10.0. The van der Waals surface area contributed by atoms with Gasteiger partial charge in [-0.25, -0.2) is 4.39 Å². The van der Waals surface area contributed by atoms with Crippen molar-refractivity contribution in [1.82, 2.24) is 0 Å². The highest BCUT2D eigenvalue weighted by Crippen LogP contribution is 2.21. The van der Waals surface area contributed by atoms with Crippen LogP contribution in [0.15, 0.2) is 41.8 Å². The first-order valence-electron chi connectivity index (χ1n) is 4.71. The highest BCUT2D eigenvalue weighted by atomic mass is 32.1. The lowest BCUT2D eigenvalue weighted by atomic mass is 10.1. The molecular weight excluding hydrogens is 211 g/mol.